The molecule has 0 N–H and O–H groups in total. The summed E-state index contributed by atoms with van der Waals surface area (Å²) < 4.78 is 0. The Morgan fingerprint density at radius 3 is 0.676 bits per heavy atom. The standard InChI is InChI=1S/C34H30/c1-33(2,3)25-23-31-19-15-29(16-20-31)13-11-27-7-9-28(10-8-27)12-14-30-17-21-32(22-18-30)24-26-34(4,5)6/h7-10,15-22H,1-6H3. The van der Waals surface area contributed by atoms with E-state index in [1.54, 1.807) is 0 Å². The monoisotopic (exact) mass is 438 g/mol. The zero-order valence-electron chi connectivity index (χ0n) is 20.9. The van der Waals surface area contributed by atoms with E-state index in [1.807, 2.05) is 72.8 Å². The summed E-state index contributed by atoms with van der Waals surface area (Å²) in [4.78, 5) is 0. The maximum absolute atomic E-state index is 3.25. The van der Waals surface area contributed by atoms with Crippen molar-refractivity contribution in [3.63, 3.8) is 0 Å². The van der Waals surface area contributed by atoms with Crippen molar-refractivity contribution in [2.24, 2.45) is 10.8 Å². The Hall–Kier alpha value is -4.10. The van der Waals surface area contributed by atoms with Crippen LogP contribution >= 0.6 is 0 Å². The van der Waals surface area contributed by atoms with Crippen molar-refractivity contribution in [2.75, 3.05) is 0 Å². The average molecular weight is 439 g/mol. The van der Waals surface area contributed by atoms with Crippen molar-refractivity contribution in [1.29, 1.82) is 0 Å². The molecule has 0 aliphatic rings. The zero-order valence-corrected chi connectivity index (χ0v) is 20.9. The van der Waals surface area contributed by atoms with Crippen molar-refractivity contribution < 1.29 is 0 Å². The van der Waals surface area contributed by atoms with Gasteiger partial charge in [0, 0.05) is 44.2 Å². The van der Waals surface area contributed by atoms with Crippen molar-refractivity contribution in [3.05, 3.63) is 106 Å². The molecule has 0 heteroatoms. The van der Waals surface area contributed by atoms with Crippen LogP contribution in [0.25, 0.3) is 0 Å². The first-order chi connectivity index (χ1) is 16.1. The minimum atomic E-state index is 0.000743. The highest BCUT2D eigenvalue weighted by atomic mass is 14.1. The van der Waals surface area contributed by atoms with Gasteiger partial charge in [0.1, 0.15) is 0 Å². The Bertz CT molecular complexity index is 1260. The highest BCUT2D eigenvalue weighted by Gasteiger charge is 2.04. The Labute approximate surface area is 205 Å². The maximum Gasteiger partial charge on any atom is 0.0249 e. The van der Waals surface area contributed by atoms with E-state index in [1.165, 1.54) is 0 Å². The summed E-state index contributed by atoms with van der Waals surface area (Å²) in [6.07, 6.45) is 0. The lowest BCUT2D eigenvalue weighted by atomic mass is 9.97. The summed E-state index contributed by atoms with van der Waals surface area (Å²) in [5, 5.41) is 0. The van der Waals surface area contributed by atoms with Crippen LogP contribution in [0.4, 0.5) is 0 Å². The van der Waals surface area contributed by atoms with Crippen LogP contribution < -0.4 is 0 Å². The second-order valence-corrected chi connectivity index (χ2v) is 10.2. The van der Waals surface area contributed by atoms with Crippen LogP contribution in [0.3, 0.4) is 0 Å². The SMILES string of the molecule is CC(C)(C)C#Cc1ccc(C#Cc2ccc(C#Cc3ccc(C#CC(C)(C)C)cc3)cc2)cc1. The molecule has 0 aliphatic carbocycles. The number of hydrogen-bond acceptors (Lipinski definition) is 0. The highest BCUT2D eigenvalue weighted by molar-refractivity contribution is 5.49. The molecule has 3 aromatic rings. The number of benzene rings is 3. The molecule has 0 aliphatic heterocycles. The predicted molar refractivity (Wildman–Crippen MR) is 144 cm³/mol. The molecule has 0 saturated heterocycles. The van der Waals surface area contributed by atoms with E-state index < -0.39 is 0 Å². The number of rotatable bonds is 0. The molecule has 0 radical (unpaired) electrons. The van der Waals surface area contributed by atoms with Gasteiger partial charge in [-0.1, -0.05) is 47.4 Å². The van der Waals surface area contributed by atoms with Crippen LogP contribution in [0, 0.1) is 58.2 Å². The lowest BCUT2D eigenvalue weighted by Gasteiger charge is -2.06. The lowest BCUT2D eigenvalue weighted by molar-refractivity contribution is 0.570. The quantitative estimate of drug-likeness (QED) is 0.324. The third-order valence-corrected chi connectivity index (χ3v) is 4.52. The first kappa shape index (κ1) is 24.5. The summed E-state index contributed by atoms with van der Waals surface area (Å²) in [6.45, 7) is 12.7. The van der Waals surface area contributed by atoms with Crippen molar-refractivity contribution >= 4 is 0 Å². The van der Waals surface area contributed by atoms with Crippen LogP contribution in [0.2, 0.25) is 0 Å². The second-order valence-electron chi connectivity index (χ2n) is 10.2. The van der Waals surface area contributed by atoms with Crippen LogP contribution in [-0.4, -0.2) is 0 Å². The maximum atomic E-state index is 3.25. The summed E-state index contributed by atoms with van der Waals surface area (Å²) in [6, 6.07) is 24.2. The molecule has 166 valence electrons. The van der Waals surface area contributed by atoms with Crippen LogP contribution in [0.15, 0.2) is 72.8 Å². The third-order valence-electron chi connectivity index (χ3n) is 4.52. The minimum Gasteiger partial charge on any atom is -0.0920 e. The first-order valence-corrected chi connectivity index (χ1v) is 11.5. The molecule has 0 saturated carbocycles. The Balaban J connectivity index is 1.64. The van der Waals surface area contributed by atoms with Gasteiger partial charge in [0.15, 0.2) is 0 Å². The van der Waals surface area contributed by atoms with E-state index in [0.717, 1.165) is 33.4 Å². The van der Waals surface area contributed by atoms with Gasteiger partial charge in [0.05, 0.1) is 0 Å². The minimum absolute atomic E-state index is 0.000743. The van der Waals surface area contributed by atoms with Gasteiger partial charge in [-0.15, -0.1) is 0 Å². The Kier molecular flexibility index (Phi) is 7.71. The van der Waals surface area contributed by atoms with Crippen molar-refractivity contribution in [1.82, 2.24) is 0 Å². The van der Waals surface area contributed by atoms with Crippen molar-refractivity contribution in [2.45, 2.75) is 41.5 Å². The lowest BCUT2D eigenvalue weighted by Crippen LogP contribution is -1.99. The van der Waals surface area contributed by atoms with Gasteiger partial charge in [-0.25, -0.2) is 0 Å². The molecule has 0 bridgehead atoms. The molecule has 0 amide bonds. The molecular weight excluding hydrogens is 408 g/mol. The number of hydrogen-bond donors (Lipinski definition) is 0. The van der Waals surface area contributed by atoms with Gasteiger partial charge in [-0.3, -0.25) is 0 Å². The highest BCUT2D eigenvalue weighted by Crippen LogP contribution is 2.12. The normalized spacial score (nSPS) is 10.3. The van der Waals surface area contributed by atoms with E-state index in [0.29, 0.717) is 0 Å². The largest absolute Gasteiger partial charge is 0.0920 e. The van der Waals surface area contributed by atoms with E-state index in [2.05, 4.69) is 88.9 Å². The molecule has 0 atom stereocenters. The summed E-state index contributed by atoms with van der Waals surface area (Å²) in [5.74, 6) is 25.8. The van der Waals surface area contributed by atoms with Gasteiger partial charge in [0.25, 0.3) is 0 Å². The van der Waals surface area contributed by atoms with Gasteiger partial charge in [-0.05, 0) is 114 Å². The predicted octanol–water partition coefficient (Wildman–Crippen LogP) is 7.28. The first-order valence-electron chi connectivity index (χ1n) is 11.5. The zero-order chi connectivity index (χ0) is 24.6. The van der Waals surface area contributed by atoms with E-state index >= 15 is 0 Å². The second kappa shape index (κ2) is 10.7. The van der Waals surface area contributed by atoms with E-state index in [9.17, 15) is 0 Å². The molecule has 0 heterocycles. The van der Waals surface area contributed by atoms with E-state index in [4.69, 9.17) is 0 Å². The summed E-state index contributed by atoms with van der Waals surface area (Å²) in [5.41, 5.74) is 5.89. The Morgan fingerprint density at radius 2 is 0.500 bits per heavy atom. The van der Waals surface area contributed by atoms with Gasteiger partial charge in [0.2, 0.25) is 0 Å². The molecular formula is C34H30. The molecule has 0 nitrogen and oxygen atoms in total. The molecule has 0 aromatic heterocycles. The molecule has 0 unspecified atom stereocenters. The topological polar surface area (TPSA) is 0 Å². The van der Waals surface area contributed by atoms with Gasteiger partial charge >= 0.3 is 0 Å². The summed E-state index contributed by atoms with van der Waals surface area (Å²) >= 11 is 0. The fourth-order valence-corrected chi connectivity index (χ4v) is 2.72. The van der Waals surface area contributed by atoms with Gasteiger partial charge < -0.3 is 0 Å². The Morgan fingerprint density at radius 1 is 0.324 bits per heavy atom. The van der Waals surface area contributed by atoms with Crippen LogP contribution in [0.1, 0.15) is 74.9 Å². The molecule has 0 spiro atoms. The smallest absolute Gasteiger partial charge is 0.0249 e. The molecule has 0 fully saturated rings. The van der Waals surface area contributed by atoms with Gasteiger partial charge in [-0.2, -0.15) is 0 Å². The summed E-state index contributed by atoms with van der Waals surface area (Å²) in [7, 11) is 0. The average Bonchev–Trinajstić information content (AvgIpc) is 2.80. The molecule has 3 aromatic carbocycles. The van der Waals surface area contributed by atoms with Crippen LogP contribution in [-0.2, 0) is 0 Å². The third kappa shape index (κ3) is 8.80. The fraction of sp³-hybridized carbons (Fsp3) is 0.235. The van der Waals surface area contributed by atoms with Crippen LogP contribution in [0.5, 0.6) is 0 Å². The molecule has 34 heavy (non-hydrogen) atoms. The fourth-order valence-electron chi connectivity index (χ4n) is 2.72. The molecule has 3 rings (SSSR count). The van der Waals surface area contributed by atoms with E-state index in [-0.39, 0.29) is 10.8 Å². The van der Waals surface area contributed by atoms with Crippen molar-refractivity contribution in [3.8, 4) is 47.4 Å².